The van der Waals surface area contributed by atoms with Crippen LogP contribution in [0.4, 0.5) is 0 Å². The fourth-order valence-corrected chi connectivity index (χ4v) is 2.50. The molecule has 0 rings (SSSR count). The average molecular weight is 215 g/mol. The minimum absolute atomic E-state index is 0.175. The van der Waals surface area contributed by atoms with E-state index in [9.17, 15) is 0 Å². The van der Waals surface area contributed by atoms with Crippen molar-refractivity contribution in [2.45, 2.75) is 65.5 Å². The second kappa shape index (κ2) is 7.20. The first-order valence-corrected chi connectivity index (χ1v) is 6.31. The molecule has 3 heteroatoms. The van der Waals surface area contributed by atoms with Gasteiger partial charge < -0.3 is 0 Å². The van der Waals surface area contributed by atoms with E-state index in [2.05, 4.69) is 44.9 Å². The maximum atomic E-state index is 5.69. The summed E-state index contributed by atoms with van der Waals surface area (Å²) in [5, 5.41) is 0. The third kappa shape index (κ3) is 3.44. The van der Waals surface area contributed by atoms with Gasteiger partial charge in [-0.3, -0.25) is 16.2 Å². The van der Waals surface area contributed by atoms with E-state index in [1.54, 1.807) is 0 Å². The van der Waals surface area contributed by atoms with Crippen LogP contribution in [0.5, 0.6) is 0 Å². The van der Waals surface area contributed by atoms with E-state index >= 15 is 0 Å². The predicted molar refractivity (Wildman–Crippen MR) is 67.6 cm³/mol. The SMILES string of the molecule is CCCC(NN)C(C)(CC)N(CC)CC. The third-order valence-electron chi connectivity index (χ3n) is 3.73. The Morgan fingerprint density at radius 3 is 2.00 bits per heavy atom. The molecule has 0 saturated heterocycles. The number of nitrogens with two attached hydrogens (primary N) is 1. The lowest BCUT2D eigenvalue weighted by atomic mass is 9.85. The second-order valence-corrected chi connectivity index (χ2v) is 4.39. The molecule has 0 heterocycles. The van der Waals surface area contributed by atoms with Crippen molar-refractivity contribution >= 4 is 0 Å². The Kier molecular flexibility index (Phi) is 7.14. The van der Waals surface area contributed by atoms with E-state index in [4.69, 9.17) is 5.84 Å². The van der Waals surface area contributed by atoms with Crippen LogP contribution in [0.15, 0.2) is 0 Å². The molecule has 3 N–H and O–H groups in total. The zero-order valence-electron chi connectivity index (χ0n) is 11.1. The van der Waals surface area contributed by atoms with Crippen LogP contribution < -0.4 is 11.3 Å². The fraction of sp³-hybridized carbons (Fsp3) is 1.00. The molecule has 0 fully saturated rings. The predicted octanol–water partition coefficient (Wildman–Crippen LogP) is 2.13. The number of hydrogen-bond donors (Lipinski definition) is 2. The monoisotopic (exact) mass is 215 g/mol. The normalized spacial score (nSPS) is 17.8. The van der Waals surface area contributed by atoms with Crippen molar-refractivity contribution in [1.29, 1.82) is 0 Å². The Bertz CT molecular complexity index is 157. The van der Waals surface area contributed by atoms with Crippen molar-refractivity contribution in [3.8, 4) is 0 Å². The number of hydrogen-bond acceptors (Lipinski definition) is 3. The van der Waals surface area contributed by atoms with Gasteiger partial charge in [-0.1, -0.05) is 34.1 Å². The molecule has 0 aromatic rings. The highest BCUT2D eigenvalue weighted by atomic mass is 15.3. The molecule has 0 aliphatic heterocycles. The van der Waals surface area contributed by atoms with Crippen LogP contribution in [0.3, 0.4) is 0 Å². The van der Waals surface area contributed by atoms with E-state index in [0.29, 0.717) is 6.04 Å². The Hall–Kier alpha value is -0.120. The van der Waals surface area contributed by atoms with Gasteiger partial charge in [-0.15, -0.1) is 0 Å². The minimum Gasteiger partial charge on any atom is -0.297 e. The zero-order chi connectivity index (χ0) is 11.9. The standard InChI is InChI=1S/C12H29N3/c1-6-10-11(14-13)12(5,7-2)15(8-3)9-4/h11,14H,6-10,13H2,1-5H3. The summed E-state index contributed by atoms with van der Waals surface area (Å²) in [7, 11) is 0. The largest absolute Gasteiger partial charge is 0.297 e. The first kappa shape index (κ1) is 14.9. The Labute approximate surface area is 95.4 Å². The number of nitrogens with zero attached hydrogens (tertiary/aromatic N) is 1. The van der Waals surface area contributed by atoms with Crippen molar-refractivity contribution in [2.75, 3.05) is 13.1 Å². The quantitative estimate of drug-likeness (QED) is 0.481. The van der Waals surface area contributed by atoms with Gasteiger partial charge >= 0.3 is 0 Å². The Morgan fingerprint density at radius 1 is 1.20 bits per heavy atom. The highest BCUT2D eigenvalue weighted by Crippen LogP contribution is 2.25. The first-order valence-electron chi connectivity index (χ1n) is 6.31. The maximum Gasteiger partial charge on any atom is 0.0391 e. The van der Waals surface area contributed by atoms with Crippen LogP contribution in [0, 0.1) is 0 Å². The molecular formula is C12H29N3. The summed E-state index contributed by atoms with van der Waals surface area (Å²) < 4.78 is 0. The number of nitrogens with one attached hydrogen (secondary N) is 1. The van der Waals surface area contributed by atoms with Gasteiger partial charge in [-0.2, -0.15) is 0 Å². The molecule has 0 aliphatic carbocycles. The van der Waals surface area contributed by atoms with Crippen molar-refractivity contribution in [2.24, 2.45) is 5.84 Å². The van der Waals surface area contributed by atoms with Crippen molar-refractivity contribution in [3.05, 3.63) is 0 Å². The molecule has 3 nitrogen and oxygen atoms in total. The number of likely N-dealkylation sites (N-methyl/N-ethyl adjacent to an activating group) is 1. The Morgan fingerprint density at radius 2 is 1.73 bits per heavy atom. The third-order valence-corrected chi connectivity index (χ3v) is 3.73. The van der Waals surface area contributed by atoms with Gasteiger partial charge in [0.15, 0.2) is 0 Å². The van der Waals surface area contributed by atoms with Crippen LogP contribution in [0.1, 0.15) is 53.9 Å². The van der Waals surface area contributed by atoms with Gasteiger partial charge in [0.1, 0.15) is 0 Å². The summed E-state index contributed by atoms with van der Waals surface area (Å²) in [5.41, 5.74) is 3.18. The Balaban J connectivity index is 4.76. The minimum atomic E-state index is 0.175. The molecule has 0 aromatic carbocycles. The molecule has 15 heavy (non-hydrogen) atoms. The number of hydrazine groups is 1. The highest BCUT2D eigenvalue weighted by Gasteiger charge is 2.35. The molecule has 0 bridgehead atoms. The van der Waals surface area contributed by atoms with Gasteiger partial charge in [0.05, 0.1) is 0 Å². The van der Waals surface area contributed by atoms with Crippen molar-refractivity contribution < 1.29 is 0 Å². The summed E-state index contributed by atoms with van der Waals surface area (Å²) in [4.78, 5) is 2.51. The smallest absolute Gasteiger partial charge is 0.0391 e. The van der Waals surface area contributed by atoms with Gasteiger partial charge in [0.25, 0.3) is 0 Å². The fourth-order valence-electron chi connectivity index (χ4n) is 2.50. The van der Waals surface area contributed by atoms with E-state index in [-0.39, 0.29) is 5.54 Å². The zero-order valence-corrected chi connectivity index (χ0v) is 11.1. The van der Waals surface area contributed by atoms with E-state index in [0.717, 1.165) is 25.9 Å². The molecule has 2 atom stereocenters. The van der Waals surface area contributed by atoms with Crippen LogP contribution >= 0.6 is 0 Å². The summed E-state index contributed by atoms with van der Waals surface area (Å²) in [6.45, 7) is 13.4. The molecule has 0 aliphatic rings. The summed E-state index contributed by atoms with van der Waals surface area (Å²) in [6, 6.07) is 0.382. The van der Waals surface area contributed by atoms with Crippen LogP contribution in [0.2, 0.25) is 0 Å². The van der Waals surface area contributed by atoms with Gasteiger partial charge in [0.2, 0.25) is 0 Å². The van der Waals surface area contributed by atoms with Crippen LogP contribution in [-0.2, 0) is 0 Å². The topological polar surface area (TPSA) is 41.3 Å². The number of rotatable bonds is 8. The van der Waals surface area contributed by atoms with Crippen LogP contribution in [-0.4, -0.2) is 29.6 Å². The summed E-state index contributed by atoms with van der Waals surface area (Å²) in [6.07, 6.45) is 3.44. The van der Waals surface area contributed by atoms with E-state index in [1.807, 2.05) is 0 Å². The average Bonchev–Trinajstić information content (AvgIpc) is 2.27. The molecule has 0 saturated carbocycles. The summed E-state index contributed by atoms with van der Waals surface area (Å²) >= 11 is 0. The van der Waals surface area contributed by atoms with Crippen LogP contribution in [0.25, 0.3) is 0 Å². The van der Waals surface area contributed by atoms with E-state index < -0.39 is 0 Å². The van der Waals surface area contributed by atoms with Gasteiger partial charge in [0, 0.05) is 11.6 Å². The van der Waals surface area contributed by atoms with Gasteiger partial charge in [-0.05, 0) is 32.9 Å². The molecule has 2 unspecified atom stereocenters. The lowest BCUT2D eigenvalue weighted by Crippen LogP contribution is -2.60. The lowest BCUT2D eigenvalue weighted by Gasteiger charge is -2.45. The first-order chi connectivity index (χ1) is 7.10. The molecule has 0 amide bonds. The lowest BCUT2D eigenvalue weighted by molar-refractivity contribution is 0.0664. The van der Waals surface area contributed by atoms with Gasteiger partial charge in [-0.25, -0.2) is 0 Å². The molecular weight excluding hydrogens is 186 g/mol. The van der Waals surface area contributed by atoms with Crippen molar-refractivity contribution in [3.63, 3.8) is 0 Å². The highest BCUT2D eigenvalue weighted by molar-refractivity contribution is 4.94. The molecule has 0 spiro atoms. The summed E-state index contributed by atoms with van der Waals surface area (Å²) in [5.74, 6) is 5.69. The van der Waals surface area contributed by atoms with E-state index in [1.165, 1.54) is 6.42 Å². The molecule has 0 aromatic heterocycles. The van der Waals surface area contributed by atoms with Crippen molar-refractivity contribution in [1.82, 2.24) is 10.3 Å². The second-order valence-electron chi connectivity index (χ2n) is 4.39. The maximum absolute atomic E-state index is 5.69. The molecule has 92 valence electrons. The molecule has 0 radical (unpaired) electrons.